The van der Waals surface area contributed by atoms with Gasteiger partial charge in [0.15, 0.2) is 0 Å². The summed E-state index contributed by atoms with van der Waals surface area (Å²) in [5.41, 5.74) is 8.00. The molecule has 0 aliphatic rings. The van der Waals surface area contributed by atoms with E-state index in [-0.39, 0.29) is 33.5 Å². The van der Waals surface area contributed by atoms with Gasteiger partial charge < -0.3 is 19.7 Å². The summed E-state index contributed by atoms with van der Waals surface area (Å²) < 4.78 is 10.3. The molecule has 0 saturated heterocycles. The molecule has 0 unspecified atom stereocenters. The zero-order valence-electron chi connectivity index (χ0n) is 13.1. The maximum absolute atomic E-state index is 11.2. The van der Waals surface area contributed by atoms with E-state index in [0.29, 0.717) is 45.8 Å². The molecular formula is C15H31N3O7. The summed E-state index contributed by atoms with van der Waals surface area (Å²) in [5, 5.41) is 19.1. The van der Waals surface area contributed by atoms with E-state index in [1.165, 1.54) is 0 Å². The summed E-state index contributed by atoms with van der Waals surface area (Å²) in [5.74, 6) is -1.85. The molecule has 0 amide bonds. The lowest BCUT2D eigenvalue weighted by Gasteiger charge is -2.04. The van der Waals surface area contributed by atoms with Crippen molar-refractivity contribution in [3.05, 3.63) is 10.4 Å². The van der Waals surface area contributed by atoms with E-state index >= 15 is 0 Å². The molecule has 0 aromatic heterocycles. The van der Waals surface area contributed by atoms with Crippen molar-refractivity contribution < 1.29 is 34.1 Å². The van der Waals surface area contributed by atoms with Crippen LogP contribution in [0.3, 0.4) is 0 Å². The van der Waals surface area contributed by atoms with E-state index in [0.717, 1.165) is 6.92 Å². The molecule has 10 nitrogen and oxygen atoms in total. The van der Waals surface area contributed by atoms with Gasteiger partial charge in [0.2, 0.25) is 0 Å². The van der Waals surface area contributed by atoms with Crippen LogP contribution in [0.5, 0.6) is 0 Å². The van der Waals surface area contributed by atoms with Gasteiger partial charge in [0.05, 0.1) is 26.2 Å². The minimum atomic E-state index is -0.956. The number of ether oxygens (including phenoxy) is 2. The van der Waals surface area contributed by atoms with Gasteiger partial charge in [-0.15, -0.1) is 0 Å². The number of ketones is 1. The van der Waals surface area contributed by atoms with Crippen molar-refractivity contribution in [3.63, 3.8) is 0 Å². The van der Waals surface area contributed by atoms with Crippen molar-refractivity contribution >= 4 is 17.7 Å². The number of hydrogen-bond donors (Lipinski definition) is 2. The fourth-order valence-electron chi connectivity index (χ4n) is 1.21. The second kappa shape index (κ2) is 24.1. The Morgan fingerprint density at radius 1 is 0.960 bits per heavy atom. The molecule has 148 valence electrons. The van der Waals surface area contributed by atoms with Crippen LogP contribution in [-0.2, 0) is 23.9 Å². The molecule has 10 heteroatoms. The summed E-state index contributed by atoms with van der Waals surface area (Å²) in [4.78, 5) is 33.0. The number of carbonyl (C=O) groups excluding carboxylic acids is 1. The van der Waals surface area contributed by atoms with Crippen LogP contribution in [0.2, 0.25) is 0 Å². The van der Waals surface area contributed by atoms with Gasteiger partial charge in [0, 0.05) is 37.8 Å². The van der Waals surface area contributed by atoms with E-state index in [1.807, 2.05) is 0 Å². The molecule has 2 N–H and O–H groups in total. The highest BCUT2D eigenvalue weighted by molar-refractivity contribution is 5.82. The van der Waals surface area contributed by atoms with Crippen LogP contribution in [0.1, 0.15) is 47.5 Å². The van der Waals surface area contributed by atoms with Crippen molar-refractivity contribution in [2.45, 2.75) is 47.5 Å². The Labute approximate surface area is 148 Å². The third kappa shape index (κ3) is 39.0. The molecule has 25 heavy (non-hydrogen) atoms. The van der Waals surface area contributed by atoms with Crippen LogP contribution < -0.4 is 0 Å². The lowest BCUT2D eigenvalue weighted by Crippen LogP contribution is -2.09. The lowest BCUT2D eigenvalue weighted by molar-refractivity contribution is -0.138. The predicted molar refractivity (Wildman–Crippen MR) is 93.5 cm³/mol. The highest BCUT2D eigenvalue weighted by Crippen LogP contribution is 1.99. The van der Waals surface area contributed by atoms with Crippen LogP contribution in [0.4, 0.5) is 0 Å². The normalized spacial score (nSPS) is 8.52. The van der Waals surface area contributed by atoms with E-state index < -0.39 is 11.9 Å². The molecular weight excluding hydrogens is 334 g/mol. The number of carboxylic acid groups (broad SMARTS) is 2. The fourth-order valence-corrected chi connectivity index (χ4v) is 1.21. The minimum Gasteiger partial charge on any atom is -0.481 e. The molecule has 0 aromatic carbocycles. The second-order valence-electron chi connectivity index (χ2n) is 4.23. The monoisotopic (exact) mass is 365 g/mol. The van der Waals surface area contributed by atoms with Crippen molar-refractivity contribution in [2.24, 2.45) is 5.11 Å². The highest BCUT2D eigenvalue weighted by atomic mass is 16.5. The van der Waals surface area contributed by atoms with Gasteiger partial charge in [-0.1, -0.05) is 20.0 Å². The number of nitrogens with zero attached hydrogens (tertiary/aromatic N) is 3. The first kappa shape index (κ1) is 30.7. The zero-order valence-corrected chi connectivity index (χ0v) is 13.1. The van der Waals surface area contributed by atoms with Crippen molar-refractivity contribution in [1.29, 1.82) is 0 Å². The van der Waals surface area contributed by atoms with Gasteiger partial charge >= 0.3 is 5.97 Å². The van der Waals surface area contributed by atoms with Crippen LogP contribution in [0.15, 0.2) is 5.11 Å². The highest BCUT2D eigenvalue weighted by Gasteiger charge is 2.05. The van der Waals surface area contributed by atoms with Crippen molar-refractivity contribution in [3.8, 4) is 0 Å². The summed E-state index contributed by atoms with van der Waals surface area (Å²) in [7, 11) is 0. The number of carbonyl (C=O) groups is 3. The van der Waals surface area contributed by atoms with Gasteiger partial charge in [-0.2, -0.15) is 0 Å². The Morgan fingerprint density at radius 2 is 1.48 bits per heavy atom. The summed E-state index contributed by atoms with van der Waals surface area (Å²) in [6, 6.07) is 0. The molecule has 0 atom stereocenters. The quantitative estimate of drug-likeness (QED) is 0.219. The van der Waals surface area contributed by atoms with Crippen LogP contribution in [0, 0.1) is 0 Å². The SMILES string of the molecule is C.C.CC(=O)O.[N-]=[N+]=NCCOCCOCCCC(=O)CCC(=O)O. The Balaban J connectivity index is -0.000000330. The molecule has 0 spiro atoms. The maximum Gasteiger partial charge on any atom is 0.303 e. The zero-order chi connectivity index (χ0) is 17.9. The molecule has 0 aromatic rings. The minimum absolute atomic E-state index is 0. The summed E-state index contributed by atoms with van der Waals surface area (Å²) in [6.07, 6.45) is 0.888. The smallest absolute Gasteiger partial charge is 0.303 e. The van der Waals surface area contributed by atoms with Gasteiger partial charge in [-0.05, 0) is 12.0 Å². The number of aliphatic carboxylic acids is 2. The molecule has 0 fully saturated rings. The standard InChI is InChI=1S/C11H19N3O5.C2H4O2.2CH4/c12-14-13-5-7-19-9-8-18-6-1-2-10(15)3-4-11(16)17;1-2(3)4;;/h1-9H2,(H,16,17);1H3,(H,3,4);2*1H4. The van der Waals surface area contributed by atoms with Gasteiger partial charge in [-0.3, -0.25) is 14.4 Å². The largest absolute Gasteiger partial charge is 0.481 e. The number of rotatable bonds is 13. The summed E-state index contributed by atoms with van der Waals surface area (Å²) in [6.45, 7) is 3.02. The third-order valence-corrected chi connectivity index (χ3v) is 2.13. The van der Waals surface area contributed by atoms with Crippen LogP contribution in [0.25, 0.3) is 10.4 Å². The Bertz CT molecular complexity index is 393. The average molecular weight is 365 g/mol. The molecule has 0 aliphatic carbocycles. The third-order valence-electron chi connectivity index (χ3n) is 2.13. The molecule has 0 rings (SSSR count). The maximum atomic E-state index is 11.2. The first-order valence-corrected chi connectivity index (χ1v) is 6.99. The Hall–Kier alpha value is -2.16. The Morgan fingerprint density at radius 3 is 1.96 bits per heavy atom. The average Bonchev–Trinajstić information content (AvgIpc) is 2.46. The van der Waals surface area contributed by atoms with Crippen LogP contribution >= 0.6 is 0 Å². The van der Waals surface area contributed by atoms with E-state index in [9.17, 15) is 9.59 Å². The number of azide groups is 1. The topological polar surface area (TPSA) is 159 Å². The second-order valence-corrected chi connectivity index (χ2v) is 4.23. The molecule has 0 radical (unpaired) electrons. The number of carboxylic acids is 2. The van der Waals surface area contributed by atoms with E-state index in [1.54, 1.807) is 0 Å². The Kier molecular flexibility index (Phi) is 29.6. The van der Waals surface area contributed by atoms with Crippen LogP contribution in [-0.4, -0.2) is 60.9 Å². The van der Waals surface area contributed by atoms with E-state index in [2.05, 4.69) is 10.0 Å². The molecule has 0 aliphatic heterocycles. The fraction of sp³-hybridized carbons (Fsp3) is 0.800. The summed E-state index contributed by atoms with van der Waals surface area (Å²) >= 11 is 0. The molecule has 0 heterocycles. The predicted octanol–water partition coefficient (Wildman–Crippen LogP) is 2.91. The lowest BCUT2D eigenvalue weighted by atomic mass is 10.1. The first-order chi connectivity index (χ1) is 10.9. The molecule has 0 saturated carbocycles. The first-order valence-electron chi connectivity index (χ1n) is 6.99. The van der Waals surface area contributed by atoms with Crippen molar-refractivity contribution in [1.82, 2.24) is 0 Å². The molecule has 0 bridgehead atoms. The van der Waals surface area contributed by atoms with Crippen molar-refractivity contribution in [2.75, 3.05) is 33.0 Å². The van der Waals surface area contributed by atoms with Gasteiger partial charge in [0.25, 0.3) is 5.97 Å². The van der Waals surface area contributed by atoms with E-state index in [4.69, 9.17) is 30.0 Å². The number of Topliss-reactive ketones (excluding diaryl/α,β-unsaturated/α-hetero) is 1. The van der Waals surface area contributed by atoms with Gasteiger partial charge in [0.1, 0.15) is 5.78 Å². The van der Waals surface area contributed by atoms with Gasteiger partial charge in [-0.25, -0.2) is 0 Å². The number of hydrogen-bond acceptors (Lipinski definition) is 6.